The number of hydrogen-bond acceptors (Lipinski definition) is 4. The predicted octanol–water partition coefficient (Wildman–Crippen LogP) is 3.21. The molecule has 3 rings (SSSR count). The Labute approximate surface area is 168 Å². The van der Waals surface area contributed by atoms with Gasteiger partial charge in [0.25, 0.3) is 5.56 Å². The van der Waals surface area contributed by atoms with Crippen LogP contribution >= 0.6 is 0 Å². The minimum absolute atomic E-state index is 0.0925. The topological polar surface area (TPSA) is 93.1 Å². The first-order valence-corrected chi connectivity index (χ1v) is 9.30. The van der Waals surface area contributed by atoms with Crippen LogP contribution in [0.25, 0.3) is 11.3 Å². The fourth-order valence-corrected chi connectivity index (χ4v) is 2.70. The van der Waals surface area contributed by atoms with E-state index < -0.39 is 5.56 Å². The molecular weight excluding hydrogens is 368 g/mol. The van der Waals surface area contributed by atoms with Crippen LogP contribution in [0.1, 0.15) is 18.9 Å². The number of aromatic nitrogens is 2. The maximum Gasteiger partial charge on any atom is 0.291 e. The van der Waals surface area contributed by atoms with Gasteiger partial charge in [0, 0.05) is 17.7 Å². The average Bonchev–Trinajstić information content (AvgIpc) is 2.72. The Morgan fingerprint density at radius 1 is 0.966 bits per heavy atom. The molecule has 0 aliphatic rings. The van der Waals surface area contributed by atoms with Gasteiger partial charge in [0.2, 0.25) is 11.8 Å². The molecule has 29 heavy (non-hydrogen) atoms. The summed E-state index contributed by atoms with van der Waals surface area (Å²) in [7, 11) is 0. The van der Waals surface area contributed by atoms with E-state index in [1.165, 1.54) is 6.07 Å². The third kappa shape index (κ3) is 5.16. The molecule has 0 saturated carbocycles. The smallest absolute Gasteiger partial charge is 0.291 e. The lowest BCUT2D eigenvalue weighted by Gasteiger charge is -2.12. The first kappa shape index (κ1) is 20.0. The van der Waals surface area contributed by atoms with Gasteiger partial charge < -0.3 is 10.6 Å². The molecule has 2 aromatic carbocycles. The number of carbonyl (C=O) groups excluding carboxylic acids is 2. The third-order valence-electron chi connectivity index (χ3n) is 4.27. The van der Waals surface area contributed by atoms with Crippen LogP contribution in [0.15, 0.2) is 65.5 Å². The van der Waals surface area contributed by atoms with Crippen molar-refractivity contribution < 1.29 is 9.59 Å². The van der Waals surface area contributed by atoms with Crippen molar-refractivity contribution in [3.05, 3.63) is 76.6 Å². The van der Waals surface area contributed by atoms with Crippen molar-refractivity contribution in [1.29, 1.82) is 0 Å². The fraction of sp³-hybridized carbons (Fsp3) is 0.182. The van der Waals surface area contributed by atoms with E-state index >= 15 is 0 Å². The van der Waals surface area contributed by atoms with Gasteiger partial charge in [-0.3, -0.25) is 14.4 Å². The van der Waals surface area contributed by atoms with E-state index in [2.05, 4.69) is 15.7 Å². The summed E-state index contributed by atoms with van der Waals surface area (Å²) in [5.74, 6) is -0.678. The molecule has 1 aromatic heterocycles. The van der Waals surface area contributed by atoms with Crippen molar-refractivity contribution in [2.24, 2.45) is 0 Å². The van der Waals surface area contributed by atoms with Gasteiger partial charge in [-0.05, 0) is 25.1 Å². The predicted molar refractivity (Wildman–Crippen MR) is 113 cm³/mol. The molecule has 3 aromatic rings. The van der Waals surface area contributed by atoms with Crippen LogP contribution in [0.4, 0.5) is 11.4 Å². The van der Waals surface area contributed by atoms with Crippen LogP contribution in [-0.2, 0) is 16.1 Å². The van der Waals surface area contributed by atoms with Crippen LogP contribution in [0.3, 0.4) is 0 Å². The van der Waals surface area contributed by atoms with Crippen molar-refractivity contribution in [2.75, 3.05) is 10.6 Å². The molecule has 7 nitrogen and oxygen atoms in total. The first-order chi connectivity index (χ1) is 14.0. The summed E-state index contributed by atoms with van der Waals surface area (Å²) in [6.07, 6.45) is 0.232. The Bertz CT molecular complexity index is 1070. The Kier molecular flexibility index (Phi) is 6.19. The van der Waals surface area contributed by atoms with Gasteiger partial charge in [-0.2, -0.15) is 5.10 Å². The summed E-state index contributed by atoms with van der Waals surface area (Å²) in [6.45, 7) is 3.39. The number of rotatable bonds is 6. The van der Waals surface area contributed by atoms with E-state index in [4.69, 9.17) is 0 Å². The van der Waals surface area contributed by atoms with Gasteiger partial charge >= 0.3 is 0 Å². The zero-order valence-electron chi connectivity index (χ0n) is 16.3. The van der Waals surface area contributed by atoms with Crippen LogP contribution in [-0.4, -0.2) is 21.6 Å². The highest BCUT2D eigenvalue weighted by atomic mass is 16.2. The monoisotopic (exact) mass is 390 g/mol. The molecular formula is C22H22N4O3. The van der Waals surface area contributed by atoms with Crippen molar-refractivity contribution in [3.8, 4) is 11.3 Å². The molecule has 0 atom stereocenters. The fourth-order valence-electron chi connectivity index (χ4n) is 2.70. The second kappa shape index (κ2) is 8.97. The highest BCUT2D eigenvalue weighted by Gasteiger charge is 2.14. The van der Waals surface area contributed by atoms with Crippen LogP contribution < -0.4 is 16.2 Å². The van der Waals surface area contributed by atoms with Crippen LogP contribution in [0.2, 0.25) is 0 Å². The Balaban J connectivity index is 1.95. The number of para-hydroxylation sites is 1. The molecule has 0 aliphatic carbocycles. The summed E-state index contributed by atoms with van der Waals surface area (Å²) >= 11 is 0. The quantitative estimate of drug-likeness (QED) is 0.676. The van der Waals surface area contributed by atoms with Crippen molar-refractivity contribution in [3.63, 3.8) is 0 Å². The lowest BCUT2D eigenvalue weighted by molar-refractivity contribution is -0.117. The minimum Gasteiger partial charge on any atom is -0.324 e. The molecule has 0 aliphatic heterocycles. The molecule has 0 fully saturated rings. The number of anilines is 2. The van der Waals surface area contributed by atoms with Gasteiger partial charge in [0.15, 0.2) is 0 Å². The van der Waals surface area contributed by atoms with E-state index in [-0.39, 0.29) is 30.5 Å². The number of carbonyl (C=O) groups is 2. The summed E-state index contributed by atoms with van der Waals surface area (Å²) in [6, 6.07) is 18.1. The largest absolute Gasteiger partial charge is 0.324 e. The number of nitrogens with one attached hydrogen (secondary N) is 2. The Hall–Kier alpha value is -3.74. The number of amides is 2. The minimum atomic E-state index is -0.536. The zero-order valence-corrected chi connectivity index (χ0v) is 16.3. The summed E-state index contributed by atoms with van der Waals surface area (Å²) < 4.78 is 1.07. The molecule has 0 unspecified atom stereocenters. The zero-order chi connectivity index (χ0) is 20.8. The average molecular weight is 390 g/mol. The van der Waals surface area contributed by atoms with Gasteiger partial charge in [0.05, 0.1) is 5.69 Å². The molecule has 0 bridgehead atoms. The molecule has 0 radical (unpaired) electrons. The van der Waals surface area contributed by atoms with E-state index in [9.17, 15) is 14.4 Å². The van der Waals surface area contributed by atoms with Crippen LogP contribution in [0, 0.1) is 6.92 Å². The second-order valence-electron chi connectivity index (χ2n) is 6.59. The van der Waals surface area contributed by atoms with E-state index in [1.54, 1.807) is 31.2 Å². The first-order valence-electron chi connectivity index (χ1n) is 9.30. The molecule has 0 saturated heterocycles. The highest BCUT2D eigenvalue weighted by molar-refractivity contribution is 5.92. The number of hydrogen-bond donors (Lipinski definition) is 2. The molecule has 148 valence electrons. The Morgan fingerprint density at radius 3 is 2.31 bits per heavy atom. The van der Waals surface area contributed by atoms with E-state index in [0.717, 1.165) is 15.8 Å². The molecule has 0 spiro atoms. The maximum atomic E-state index is 12.8. The van der Waals surface area contributed by atoms with Crippen molar-refractivity contribution in [2.45, 2.75) is 26.8 Å². The van der Waals surface area contributed by atoms with Gasteiger partial charge in [-0.1, -0.05) is 55.0 Å². The molecule has 2 N–H and O–H groups in total. The van der Waals surface area contributed by atoms with Gasteiger partial charge in [-0.25, -0.2) is 4.68 Å². The lowest BCUT2D eigenvalue weighted by atomic mass is 10.1. The van der Waals surface area contributed by atoms with Crippen LogP contribution in [0.5, 0.6) is 0 Å². The number of benzene rings is 2. The summed E-state index contributed by atoms with van der Waals surface area (Å²) in [5, 5.41) is 9.67. The summed E-state index contributed by atoms with van der Waals surface area (Å²) in [4.78, 5) is 37.0. The number of aryl methyl sites for hydroxylation is 1. The molecule has 7 heteroatoms. The van der Waals surface area contributed by atoms with Crippen molar-refractivity contribution in [1.82, 2.24) is 9.78 Å². The third-order valence-corrected chi connectivity index (χ3v) is 4.27. The second-order valence-corrected chi connectivity index (χ2v) is 6.59. The number of nitrogens with zero attached hydrogens (tertiary/aromatic N) is 2. The SMILES string of the molecule is CCC(=O)Nc1cc(-c2ccc(C)cc2)nn(CC(=O)Nc2ccccc2)c1=O. The van der Waals surface area contributed by atoms with E-state index in [1.807, 2.05) is 37.3 Å². The Morgan fingerprint density at radius 2 is 1.66 bits per heavy atom. The molecule has 2 amide bonds. The highest BCUT2D eigenvalue weighted by Crippen LogP contribution is 2.19. The van der Waals surface area contributed by atoms with Gasteiger partial charge in [-0.15, -0.1) is 0 Å². The lowest BCUT2D eigenvalue weighted by Crippen LogP contribution is -2.32. The normalized spacial score (nSPS) is 10.4. The van der Waals surface area contributed by atoms with Crippen molar-refractivity contribution >= 4 is 23.2 Å². The summed E-state index contributed by atoms with van der Waals surface area (Å²) in [5.41, 5.74) is 2.53. The van der Waals surface area contributed by atoms with E-state index in [0.29, 0.717) is 11.4 Å². The maximum absolute atomic E-state index is 12.8. The van der Waals surface area contributed by atoms with Gasteiger partial charge in [0.1, 0.15) is 12.2 Å². The molecule has 1 heterocycles. The standard InChI is InChI=1S/C22H22N4O3/c1-3-20(27)24-19-13-18(16-11-9-15(2)10-12-16)25-26(22(19)29)14-21(28)23-17-7-5-4-6-8-17/h4-13H,3,14H2,1-2H3,(H,23,28)(H,24,27).